The largest absolute Gasteiger partial charge is 0.435 e. The number of hydrogen-bond donors (Lipinski definition) is 2. The SMILES string of the molecule is Nc1c(-c2ccccc2)c(C(F)(F)F)nn1-c1ccc(CCNC(=O)Oc2ccccc2)cc1. The van der Waals surface area contributed by atoms with E-state index in [0.717, 1.165) is 10.2 Å². The molecule has 4 rings (SSSR count). The minimum Gasteiger partial charge on any atom is -0.410 e. The van der Waals surface area contributed by atoms with Crippen molar-refractivity contribution < 1.29 is 22.7 Å². The molecular formula is C25H21F3N4O2. The highest BCUT2D eigenvalue weighted by atomic mass is 19.4. The Morgan fingerprint density at radius 3 is 2.18 bits per heavy atom. The Kier molecular flexibility index (Phi) is 6.53. The summed E-state index contributed by atoms with van der Waals surface area (Å²) in [6, 6.07) is 23.6. The van der Waals surface area contributed by atoms with Crippen LogP contribution >= 0.6 is 0 Å². The highest BCUT2D eigenvalue weighted by Gasteiger charge is 2.39. The van der Waals surface area contributed by atoms with E-state index in [2.05, 4.69) is 10.4 Å². The number of nitrogen functional groups attached to an aromatic ring is 1. The molecule has 0 saturated carbocycles. The molecule has 1 aromatic heterocycles. The molecule has 0 radical (unpaired) electrons. The van der Waals surface area contributed by atoms with Gasteiger partial charge in [-0.05, 0) is 41.8 Å². The van der Waals surface area contributed by atoms with E-state index >= 15 is 0 Å². The lowest BCUT2D eigenvalue weighted by atomic mass is 10.1. The summed E-state index contributed by atoms with van der Waals surface area (Å²) in [6.07, 6.45) is -4.73. The number of nitrogens with two attached hydrogens (primary N) is 1. The summed E-state index contributed by atoms with van der Waals surface area (Å²) >= 11 is 0. The Hall–Kier alpha value is -4.27. The van der Waals surface area contributed by atoms with Crippen LogP contribution in [0.4, 0.5) is 23.8 Å². The molecule has 0 unspecified atom stereocenters. The number of ether oxygens (including phenoxy) is 1. The number of hydrogen-bond acceptors (Lipinski definition) is 4. The molecule has 1 heterocycles. The van der Waals surface area contributed by atoms with Gasteiger partial charge in [0.2, 0.25) is 0 Å². The van der Waals surface area contributed by atoms with Crippen molar-refractivity contribution in [3.8, 4) is 22.6 Å². The smallest absolute Gasteiger partial charge is 0.410 e. The van der Waals surface area contributed by atoms with Gasteiger partial charge in [0, 0.05) is 6.54 Å². The second-order valence-electron chi connectivity index (χ2n) is 7.43. The lowest BCUT2D eigenvalue weighted by Crippen LogP contribution is -2.28. The van der Waals surface area contributed by atoms with E-state index in [-0.39, 0.29) is 11.4 Å². The second kappa shape index (κ2) is 9.70. The number of rotatable bonds is 6. The number of anilines is 1. The molecular weight excluding hydrogens is 445 g/mol. The zero-order valence-corrected chi connectivity index (χ0v) is 17.9. The number of alkyl halides is 3. The van der Waals surface area contributed by atoms with E-state index in [9.17, 15) is 18.0 Å². The number of para-hydroxylation sites is 1. The van der Waals surface area contributed by atoms with E-state index in [4.69, 9.17) is 10.5 Å². The van der Waals surface area contributed by atoms with Crippen LogP contribution in [0, 0.1) is 0 Å². The topological polar surface area (TPSA) is 82.2 Å². The van der Waals surface area contributed by atoms with E-state index in [0.29, 0.717) is 30.0 Å². The third-order valence-corrected chi connectivity index (χ3v) is 5.07. The van der Waals surface area contributed by atoms with Crippen molar-refractivity contribution >= 4 is 11.9 Å². The van der Waals surface area contributed by atoms with Crippen molar-refractivity contribution in [2.24, 2.45) is 0 Å². The van der Waals surface area contributed by atoms with Gasteiger partial charge in [-0.2, -0.15) is 18.3 Å². The zero-order valence-electron chi connectivity index (χ0n) is 17.9. The van der Waals surface area contributed by atoms with Crippen LogP contribution in [0.15, 0.2) is 84.9 Å². The standard InChI is InChI=1S/C25H21F3N4O2/c26-25(27,28)22-21(18-7-3-1-4-8-18)23(29)32(31-22)19-13-11-17(12-14-19)15-16-30-24(33)34-20-9-5-2-6-10-20/h1-14H,15-16,29H2,(H,30,33). The summed E-state index contributed by atoms with van der Waals surface area (Å²) in [5, 5.41) is 6.43. The van der Waals surface area contributed by atoms with Crippen LogP contribution in [-0.4, -0.2) is 22.4 Å². The van der Waals surface area contributed by atoms with Crippen LogP contribution in [0.25, 0.3) is 16.8 Å². The Labute approximate surface area is 193 Å². The minimum absolute atomic E-state index is 0.100. The monoisotopic (exact) mass is 466 g/mol. The van der Waals surface area contributed by atoms with Crippen LogP contribution < -0.4 is 15.8 Å². The molecule has 0 atom stereocenters. The number of carbonyl (C=O) groups is 1. The van der Waals surface area contributed by atoms with Crippen molar-refractivity contribution in [1.29, 1.82) is 0 Å². The molecule has 0 bridgehead atoms. The van der Waals surface area contributed by atoms with Crippen LogP contribution in [0.1, 0.15) is 11.3 Å². The fourth-order valence-corrected chi connectivity index (χ4v) is 3.46. The van der Waals surface area contributed by atoms with Crippen LogP contribution in [0.2, 0.25) is 0 Å². The third-order valence-electron chi connectivity index (χ3n) is 5.07. The van der Waals surface area contributed by atoms with Crippen molar-refractivity contribution in [3.05, 3.63) is 96.2 Å². The van der Waals surface area contributed by atoms with Gasteiger partial charge in [0.1, 0.15) is 11.6 Å². The quantitative estimate of drug-likeness (QED) is 0.395. The van der Waals surface area contributed by atoms with E-state index in [1.165, 1.54) is 0 Å². The molecule has 0 spiro atoms. The van der Waals surface area contributed by atoms with Gasteiger partial charge in [-0.25, -0.2) is 9.48 Å². The molecule has 1 amide bonds. The van der Waals surface area contributed by atoms with Gasteiger partial charge in [0.15, 0.2) is 5.69 Å². The summed E-state index contributed by atoms with van der Waals surface area (Å²) in [4.78, 5) is 11.9. The molecule has 9 heteroatoms. The summed E-state index contributed by atoms with van der Waals surface area (Å²) in [5.41, 5.74) is 6.52. The Balaban J connectivity index is 1.46. The van der Waals surface area contributed by atoms with Crippen molar-refractivity contribution in [3.63, 3.8) is 0 Å². The minimum atomic E-state index is -4.66. The highest BCUT2D eigenvalue weighted by Crippen LogP contribution is 2.40. The number of benzene rings is 3. The average Bonchev–Trinajstić information content (AvgIpc) is 3.18. The Bertz CT molecular complexity index is 1260. The number of nitrogens with one attached hydrogen (secondary N) is 1. The Morgan fingerprint density at radius 2 is 1.56 bits per heavy atom. The zero-order chi connectivity index (χ0) is 24.1. The van der Waals surface area contributed by atoms with Gasteiger partial charge in [-0.1, -0.05) is 60.7 Å². The number of aromatic nitrogens is 2. The second-order valence-corrected chi connectivity index (χ2v) is 7.43. The predicted octanol–water partition coefficient (Wildman–Crippen LogP) is 5.47. The molecule has 4 aromatic rings. The third kappa shape index (κ3) is 5.20. The van der Waals surface area contributed by atoms with E-state index in [1.54, 1.807) is 78.9 Å². The first-order valence-corrected chi connectivity index (χ1v) is 10.4. The summed E-state index contributed by atoms with van der Waals surface area (Å²) in [5.74, 6) is 0.339. The maximum absolute atomic E-state index is 13.7. The van der Waals surface area contributed by atoms with Crippen molar-refractivity contribution in [2.45, 2.75) is 12.6 Å². The summed E-state index contributed by atoms with van der Waals surface area (Å²) < 4.78 is 47.3. The van der Waals surface area contributed by atoms with E-state index < -0.39 is 18.0 Å². The maximum atomic E-state index is 13.7. The van der Waals surface area contributed by atoms with Gasteiger partial charge < -0.3 is 15.8 Å². The lowest BCUT2D eigenvalue weighted by molar-refractivity contribution is -0.140. The van der Waals surface area contributed by atoms with E-state index in [1.807, 2.05) is 6.07 Å². The first-order valence-electron chi connectivity index (χ1n) is 10.4. The van der Waals surface area contributed by atoms with Crippen LogP contribution in [0.3, 0.4) is 0 Å². The first kappa shape index (κ1) is 22.9. The predicted molar refractivity (Wildman–Crippen MR) is 123 cm³/mol. The maximum Gasteiger partial charge on any atom is 0.435 e. The van der Waals surface area contributed by atoms with Gasteiger partial charge in [-0.3, -0.25) is 0 Å². The number of carbonyl (C=O) groups excluding carboxylic acids is 1. The molecule has 174 valence electrons. The highest BCUT2D eigenvalue weighted by molar-refractivity contribution is 5.78. The molecule has 3 aromatic carbocycles. The van der Waals surface area contributed by atoms with Crippen LogP contribution in [0.5, 0.6) is 5.75 Å². The first-order chi connectivity index (χ1) is 16.3. The van der Waals surface area contributed by atoms with Crippen LogP contribution in [-0.2, 0) is 12.6 Å². The fourth-order valence-electron chi connectivity index (χ4n) is 3.46. The van der Waals surface area contributed by atoms with Gasteiger partial charge >= 0.3 is 12.3 Å². The molecule has 0 aliphatic carbocycles. The van der Waals surface area contributed by atoms with Crippen molar-refractivity contribution in [2.75, 3.05) is 12.3 Å². The number of halogens is 3. The summed E-state index contributed by atoms with van der Waals surface area (Å²) in [6.45, 7) is 0.325. The molecule has 6 nitrogen and oxygen atoms in total. The van der Waals surface area contributed by atoms with Gasteiger partial charge in [0.05, 0.1) is 11.3 Å². The average molecular weight is 466 g/mol. The number of amides is 1. The molecule has 0 saturated heterocycles. The fraction of sp³-hybridized carbons (Fsp3) is 0.120. The molecule has 0 aliphatic rings. The Morgan fingerprint density at radius 1 is 0.941 bits per heavy atom. The lowest BCUT2D eigenvalue weighted by Gasteiger charge is -2.08. The number of nitrogens with zero attached hydrogens (tertiary/aromatic N) is 2. The molecule has 3 N–H and O–H groups in total. The summed E-state index contributed by atoms with van der Waals surface area (Å²) in [7, 11) is 0. The molecule has 0 fully saturated rings. The van der Waals surface area contributed by atoms with Gasteiger partial charge in [-0.15, -0.1) is 0 Å². The van der Waals surface area contributed by atoms with Crippen molar-refractivity contribution in [1.82, 2.24) is 15.1 Å². The molecule has 34 heavy (non-hydrogen) atoms. The van der Waals surface area contributed by atoms with Gasteiger partial charge in [0.25, 0.3) is 0 Å². The normalized spacial score (nSPS) is 11.3. The molecule has 0 aliphatic heterocycles.